The Hall–Kier alpha value is -2.91. The Morgan fingerprint density at radius 3 is 2.39 bits per heavy atom. The van der Waals surface area contributed by atoms with Crippen LogP contribution in [0.4, 0.5) is 0 Å². The van der Waals surface area contributed by atoms with Crippen LogP contribution in [-0.4, -0.2) is 44.8 Å². The molecule has 174 valence electrons. The van der Waals surface area contributed by atoms with Crippen LogP contribution in [0.1, 0.15) is 27.6 Å². The van der Waals surface area contributed by atoms with Gasteiger partial charge in [-0.15, -0.1) is 0 Å². The Bertz CT molecular complexity index is 1230. The summed E-state index contributed by atoms with van der Waals surface area (Å²) in [5, 5.41) is 23.1. The topological polar surface area (TPSA) is 113 Å². The second-order valence-electron chi connectivity index (χ2n) is 7.34. The molecule has 3 N–H and O–H groups in total. The number of sulfone groups is 1. The molecule has 0 saturated carbocycles. The van der Waals surface area contributed by atoms with Gasteiger partial charge in [0.2, 0.25) is 9.84 Å². The standard InChI is InChI=1S/C24H24ClNO6S/c1-32-23-14-20(9-10-21(23)24(28)29)33(30,31)19-7-5-16(6-8-19)11-12-26-15-22(27)17-3-2-4-18(25)13-17/h2-10,13-14,22,26-27H,11-12,15H2,1H3,(H,28,29)/t22-/m1/s1. The van der Waals surface area contributed by atoms with Crippen LogP contribution in [0, 0.1) is 0 Å². The van der Waals surface area contributed by atoms with Crippen LogP contribution in [0.3, 0.4) is 0 Å². The SMILES string of the molecule is COc1cc(S(=O)(=O)c2ccc(CCNC[C@@H](O)c3cccc(Cl)c3)cc2)ccc1C(=O)O. The molecule has 0 unspecified atom stereocenters. The predicted octanol–water partition coefficient (Wildman–Crippen LogP) is 3.75. The minimum Gasteiger partial charge on any atom is -0.496 e. The number of aliphatic hydroxyl groups is 1. The average Bonchev–Trinajstić information content (AvgIpc) is 2.81. The zero-order chi connectivity index (χ0) is 24.0. The van der Waals surface area contributed by atoms with E-state index in [0.29, 0.717) is 24.5 Å². The smallest absolute Gasteiger partial charge is 0.339 e. The van der Waals surface area contributed by atoms with E-state index >= 15 is 0 Å². The van der Waals surface area contributed by atoms with Crippen molar-refractivity contribution < 1.29 is 28.2 Å². The molecule has 0 aliphatic carbocycles. The van der Waals surface area contributed by atoms with E-state index in [2.05, 4.69) is 5.32 Å². The van der Waals surface area contributed by atoms with Gasteiger partial charge in [-0.05, 0) is 60.5 Å². The van der Waals surface area contributed by atoms with Crippen LogP contribution in [-0.2, 0) is 16.3 Å². The minimum atomic E-state index is -3.83. The highest BCUT2D eigenvalue weighted by Crippen LogP contribution is 2.27. The van der Waals surface area contributed by atoms with E-state index in [9.17, 15) is 23.4 Å². The summed E-state index contributed by atoms with van der Waals surface area (Å²) in [4.78, 5) is 11.3. The number of hydrogen-bond donors (Lipinski definition) is 3. The molecule has 0 fully saturated rings. The second-order valence-corrected chi connectivity index (χ2v) is 9.73. The van der Waals surface area contributed by atoms with Crippen molar-refractivity contribution >= 4 is 27.4 Å². The zero-order valence-corrected chi connectivity index (χ0v) is 19.4. The molecule has 0 spiro atoms. The van der Waals surface area contributed by atoms with Crippen molar-refractivity contribution in [1.82, 2.24) is 5.32 Å². The quantitative estimate of drug-likeness (QED) is 0.372. The molecule has 7 nitrogen and oxygen atoms in total. The molecule has 0 aliphatic rings. The van der Waals surface area contributed by atoms with Crippen LogP contribution < -0.4 is 10.1 Å². The lowest BCUT2D eigenvalue weighted by Crippen LogP contribution is -2.23. The summed E-state index contributed by atoms with van der Waals surface area (Å²) in [6, 6.07) is 17.2. The van der Waals surface area contributed by atoms with Gasteiger partial charge in [0.25, 0.3) is 0 Å². The Balaban J connectivity index is 1.61. The maximum absolute atomic E-state index is 12.9. The number of carbonyl (C=O) groups is 1. The van der Waals surface area contributed by atoms with Gasteiger partial charge in [0.15, 0.2) is 0 Å². The summed E-state index contributed by atoms with van der Waals surface area (Å²) in [5.74, 6) is -1.22. The number of hydrogen-bond acceptors (Lipinski definition) is 6. The van der Waals surface area contributed by atoms with E-state index in [0.717, 1.165) is 11.1 Å². The lowest BCUT2D eigenvalue weighted by molar-refractivity contribution is 0.0693. The van der Waals surface area contributed by atoms with Crippen molar-refractivity contribution in [3.05, 3.63) is 88.4 Å². The van der Waals surface area contributed by atoms with E-state index in [4.69, 9.17) is 16.3 Å². The summed E-state index contributed by atoms with van der Waals surface area (Å²) in [5.41, 5.74) is 1.55. The van der Waals surface area contributed by atoms with Crippen molar-refractivity contribution in [3.63, 3.8) is 0 Å². The number of halogens is 1. The molecular formula is C24H24ClNO6S. The molecule has 0 aliphatic heterocycles. The predicted molar refractivity (Wildman–Crippen MR) is 125 cm³/mol. The number of benzene rings is 3. The Morgan fingerprint density at radius 2 is 1.76 bits per heavy atom. The third-order valence-corrected chi connectivity index (χ3v) is 7.11. The van der Waals surface area contributed by atoms with Crippen molar-refractivity contribution in [2.45, 2.75) is 22.3 Å². The van der Waals surface area contributed by atoms with Crippen LogP contribution in [0.2, 0.25) is 5.02 Å². The summed E-state index contributed by atoms with van der Waals surface area (Å²) < 4.78 is 30.9. The van der Waals surface area contributed by atoms with Crippen LogP contribution in [0.5, 0.6) is 5.75 Å². The van der Waals surface area contributed by atoms with E-state index in [1.54, 1.807) is 30.3 Å². The van der Waals surface area contributed by atoms with Gasteiger partial charge < -0.3 is 20.3 Å². The molecule has 0 saturated heterocycles. The first-order valence-electron chi connectivity index (χ1n) is 10.1. The zero-order valence-electron chi connectivity index (χ0n) is 17.9. The van der Waals surface area contributed by atoms with Gasteiger partial charge in [0, 0.05) is 17.6 Å². The van der Waals surface area contributed by atoms with Crippen LogP contribution in [0.25, 0.3) is 0 Å². The first-order chi connectivity index (χ1) is 15.7. The Labute approximate surface area is 197 Å². The van der Waals surface area contributed by atoms with Gasteiger partial charge in [0.1, 0.15) is 11.3 Å². The molecule has 0 amide bonds. The molecular weight excluding hydrogens is 466 g/mol. The third-order valence-electron chi connectivity index (χ3n) is 5.11. The summed E-state index contributed by atoms with van der Waals surface area (Å²) in [6.07, 6.45) is -0.0373. The lowest BCUT2D eigenvalue weighted by atomic mass is 10.1. The number of methoxy groups -OCH3 is 1. The molecule has 3 rings (SSSR count). The number of ether oxygens (including phenoxy) is 1. The van der Waals surface area contributed by atoms with Gasteiger partial charge in [-0.3, -0.25) is 0 Å². The maximum Gasteiger partial charge on any atom is 0.339 e. The normalized spacial score (nSPS) is 12.3. The van der Waals surface area contributed by atoms with Crippen LogP contribution >= 0.6 is 11.6 Å². The fourth-order valence-corrected chi connectivity index (χ4v) is 4.76. The van der Waals surface area contributed by atoms with E-state index in [-0.39, 0.29) is 21.1 Å². The first kappa shape index (κ1) is 24.7. The van der Waals surface area contributed by atoms with Crippen molar-refractivity contribution in [3.8, 4) is 5.75 Å². The number of nitrogens with one attached hydrogen (secondary N) is 1. The average molecular weight is 490 g/mol. The highest BCUT2D eigenvalue weighted by atomic mass is 35.5. The molecule has 3 aromatic rings. The number of aromatic carboxylic acids is 1. The molecule has 0 heterocycles. The van der Waals surface area contributed by atoms with Gasteiger partial charge in [-0.2, -0.15) is 0 Å². The largest absolute Gasteiger partial charge is 0.496 e. The fourth-order valence-electron chi connectivity index (χ4n) is 3.29. The van der Waals surface area contributed by atoms with Gasteiger partial charge in [-0.25, -0.2) is 13.2 Å². The van der Waals surface area contributed by atoms with Gasteiger partial charge in [-0.1, -0.05) is 35.9 Å². The summed E-state index contributed by atoms with van der Waals surface area (Å²) >= 11 is 5.94. The molecule has 9 heteroatoms. The van der Waals surface area contributed by atoms with Crippen molar-refractivity contribution in [1.29, 1.82) is 0 Å². The summed E-state index contributed by atoms with van der Waals surface area (Å²) in [6.45, 7) is 0.957. The molecule has 0 radical (unpaired) electrons. The molecule has 33 heavy (non-hydrogen) atoms. The van der Waals surface area contributed by atoms with Crippen LogP contribution in [0.15, 0.2) is 76.5 Å². The number of aliphatic hydroxyl groups excluding tert-OH is 1. The Morgan fingerprint density at radius 1 is 1.06 bits per heavy atom. The van der Waals surface area contributed by atoms with Crippen molar-refractivity contribution in [2.75, 3.05) is 20.2 Å². The first-order valence-corrected chi connectivity index (χ1v) is 12.0. The molecule has 3 aromatic carbocycles. The Kier molecular flexibility index (Phi) is 8.10. The summed E-state index contributed by atoms with van der Waals surface area (Å²) in [7, 11) is -2.55. The molecule has 1 atom stereocenters. The second kappa shape index (κ2) is 10.8. The monoisotopic (exact) mass is 489 g/mol. The number of carboxylic acid groups (broad SMARTS) is 1. The highest BCUT2D eigenvalue weighted by molar-refractivity contribution is 7.91. The van der Waals surface area contributed by atoms with E-state index in [1.807, 2.05) is 6.07 Å². The maximum atomic E-state index is 12.9. The third kappa shape index (κ3) is 6.11. The van der Waals surface area contributed by atoms with E-state index < -0.39 is 21.9 Å². The van der Waals surface area contributed by atoms with E-state index in [1.165, 1.54) is 37.4 Å². The number of rotatable bonds is 10. The number of carboxylic acids is 1. The molecule has 0 bridgehead atoms. The molecule has 0 aromatic heterocycles. The lowest BCUT2D eigenvalue weighted by Gasteiger charge is -2.13. The van der Waals surface area contributed by atoms with Gasteiger partial charge in [0.05, 0.1) is 23.0 Å². The minimum absolute atomic E-state index is 0.0220. The fraction of sp³-hybridized carbons (Fsp3) is 0.208. The highest BCUT2D eigenvalue weighted by Gasteiger charge is 2.21. The van der Waals surface area contributed by atoms with Crippen molar-refractivity contribution in [2.24, 2.45) is 0 Å². The van der Waals surface area contributed by atoms with Gasteiger partial charge >= 0.3 is 5.97 Å².